The van der Waals surface area contributed by atoms with E-state index in [1.807, 2.05) is 12.1 Å². The second kappa shape index (κ2) is 9.72. The molecule has 0 aliphatic carbocycles. The Balaban J connectivity index is 1.47. The number of carbonyl (C=O) groups excluding carboxylic acids is 1. The lowest BCUT2D eigenvalue weighted by molar-refractivity contribution is -0.126. The smallest absolute Gasteiger partial charge is 0.298 e. The zero-order valence-corrected chi connectivity index (χ0v) is 19.5. The fraction of sp³-hybridized carbons (Fsp3) is 0.231. The largest absolute Gasteiger partial charge is 0.421 e. The van der Waals surface area contributed by atoms with Crippen LogP contribution < -0.4 is 10.5 Å². The Morgan fingerprint density at radius 2 is 2.03 bits per heavy atom. The average Bonchev–Trinajstić information content (AvgIpc) is 3.30. The van der Waals surface area contributed by atoms with Crippen LogP contribution in [0.2, 0.25) is 0 Å². The average molecular weight is 479 g/mol. The molecule has 1 aliphatic rings. The van der Waals surface area contributed by atoms with Crippen LogP contribution in [0.4, 0.5) is 5.95 Å². The molecular formula is C26H22N8O2. The monoisotopic (exact) mass is 478 g/mol. The van der Waals surface area contributed by atoms with Crippen LogP contribution in [0.15, 0.2) is 48.9 Å². The highest BCUT2D eigenvalue weighted by Gasteiger charge is 2.28. The molecule has 1 atom stereocenters. The fourth-order valence-electron chi connectivity index (χ4n) is 4.36. The summed E-state index contributed by atoms with van der Waals surface area (Å²) in [5.74, 6) is 6.71. The minimum absolute atomic E-state index is 0.0426. The summed E-state index contributed by atoms with van der Waals surface area (Å²) in [4.78, 5) is 31.9. The lowest BCUT2D eigenvalue weighted by atomic mass is 9.94. The number of anilines is 1. The van der Waals surface area contributed by atoms with E-state index in [1.54, 1.807) is 46.8 Å². The van der Waals surface area contributed by atoms with Gasteiger partial charge < -0.3 is 15.4 Å². The molecule has 0 bridgehead atoms. The van der Waals surface area contributed by atoms with Crippen LogP contribution in [0.5, 0.6) is 11.8 Å². The SMILES string of the molecule is CC#CC(=O)N1CCCC(c2nc(-c3ccc(Oc4cc(C#N)ccn4)nc3)n3c(N)nccc23)C1. The Morgan fingerprint density at radius 3 is 2.81 bits per heavy atom. The molecule has 10 nitrogen and oxygen atoms in total. The number of fused-ring (bicyclic) bond motifs is 1. The first-order chi connectivity index (χ1) is 17.6. The van der Waals surface area contributed by atoms with E-state index in [4.69, 9.17) is 20.7 Å². The van der Waals surface area contributed by atoms with Crippen molar-refractivity contribution in [2.24, 2.45) is 0 Å². The van der Waals surface area contributed by atoms with Crippen molar-refractivity contribution in [2.75, 3.05) is 18.8 Å². The zero-order chi connectivity index (χ0) is 25.1. The molecule has 178 valence electrons. The first kappa shape index (κ1) is 22.8. The molecule has 36 heavy (non-hydrogen) atoms. The van der Waals surface area contributed by atoms with Gasteiger partial charge in [-0.15, -0.1) is 0 Å². The van der Waals surface area contributed by atoms with Crippen LogP contribution in [0, 0.1) is 23.2 Å². The van der Waals surface area contributed by atoms with Crippen molar-refractivity contribution in [3.05, 3.63) is 60.2 Å². The Bertz CT molecular complexity index is 1540. The predicted octanol–water partition coefficient (Wildman–Crippen LogP) is 3.16. The van der Waals surface area contributed by atoms with Gasteiger partial charge in [0.05, 0.1) is 22.8 Å². The number of nitriles is 1. The summed E-state index contributed by atoms with van der Waals surface area (Å²) in [6.45, 7) is 2.89. The van der Waals surface area contributed by atoms with Gasteiger partial charge in [-0.2, -0.15) is 5.26 Å². The van der Waals surface area contributed by atoms with Crippen molar-refractivity contribution in [2.45, 2.75) is 25.7 Å². The van der Waals surface area contributed by atoms with Crippen molar-refractivity contribution in [1.29, 1.82) is 5.26 Å². The molecule has 5 heterocycles. The highest BCUT2D eigenvalue weighted by atomic mass is 16.5. The van der Waals surface area contributed by atoms with E-state index in [2.05, 4.69) is 32.9 Å². The van der Waals surface area contributed by atoms with E-state index < -0.39 is 0 Å². The summed E-state index contributed by atoms with van der Waals surface area (Å²) in [7, 11) is 0. The highest BCUT2D eigenvalue weighted by Crippen LogP contribution is 2.33. The number of hydrogen-bond donors (Lipinski definition) is 1. The van der Waals surface area contributed by atoms with Gasteiger partial charge in [0.15, 0.2) is 0 Å². The van der Waals surface area contributed by atoms with Gasteiger partial charge >= 0.3 is 0 Å². The minimum atomic E-state index is -0.165. The van der Waals surface area contributed by atoms with Crippen molar-refractivity contribution < 1.29 is 9.53 Å². The number of nitrogens with two attached hydrogens (primary N) is 1. The molecule has 1 aliphatic heterocycles. The van der Waals surface area contributed by atoms with Gasteiger partial charge in [0.25, 0.3) is 5.91 Å². The minimum Gasteiger partial charge on any atom is -0.421 e. The van der Waals surface area contributed by atoms with Gasteiger partial charge in [0.1, 0.15) is 5.82 Å². The van der Waals surface area contributed by atoms with E-state index in [1.165, 1.54) is 6.20 Å². The lowest BCUT2D eigenvalue weighted by Gasteiger charge is -2.30. The number of likely N-dealkylation sites (tertiary alicyclic amines) is 1. The van der Waals surface area contributed by atoms with E-state index >= 15 is 0 Å². The van der Waals surface area contributed by atoms with Crippen LogP contribution in [0.25, 0.3) is 16.9 Å². The molecule has 10 heteroatoms. The topological polar surface area (TPSA) is 135 Å². The number of hydrogen-bond acceptors (Lipinski definition) is 8. The van der Waals surface area contributed by atoms with E-state index in [9.17, 15) is 4.79 Å². The van der Waals surface area contributed by atoms with Gasteiger partial charge in [-0.1, -0.05) is 5.92 Å². The Labute approximate surface area is 207 Å². The normalized spacial score (nSPS) is 15.1. The van der Waals surface area contributed by atoms with Gasteiger partial charge in [-0.25, -0.2) is 19.9 Å². The Hall–Kier alpha value is -4.96. The summed E-state index contributed by atoms with van der Waals surface area (Å²) in [5, 5.41) is 9.06. The number of amides is 1. The van der Waals surface area contributed by atoms with Crippen molar-refractivity contribution >= 4 is 17.4 Å². The number of carbonyl (C=O) groups is 1. The zero-order valence-electron chi connectivity index (χ0n) is 19.5. The summed E-state index contributed by atoms with van der Waals surface area (Å²) >= 11 is 0. The maximum absolute atomic E-state index is 12.4. The Morgan fingerprint density at radius 1 is 1.17 bits per heavy atom. The fourth-order valence-corrected chi connectivity index (χ4v) is 4.36. The number of imidazole rings is 1. The van der Waals surface area contributed by atoms with Gasteiger partial charge in [-0.05, 0) is 43.9 Å². The van der Waals surface area contributed by atoms with E-state index in [-0.39, 0.29) is 17.7 Å². The third-order valence-electron chi connectivity index (χ3n) is 6.00. The second-order valence-electron chi connectivity index (χ2n) is 8.29. The van der Waals surface area contributed by atoms with E-state index in [0.29, 0.717) is 36.3 Å². The first-order valence-electron chi connectivity index (χ1n) is 11.4. The standard InChI is InChI=1S/C26H22N8O2/c1-2-4-23(35)33-12-3-5-19(16-33)24-20-9-11-30-26(28)34(20)25(32-24)18-6-7-21(31-15-18)36-22-13-17(14-27)8-10-29-22/h6-11,13,15,19H,3,5,12,16H2,1H3,(H2,28,30). The third-order valence-corrected chi connectivity index (χ3v) is 6.00. The number of nitrogens with zero attached hydrogens (tertiary/aromatic N) is 7. The quantitative estimate of drug-likeness (QED) is 0.442. The third kappa shape index (κ3) is 4.40. The van der Waals surface area contributed by atoms with E-state index in [0.717, 1.165) is 29.6 Å². The number of piperidine rings is 1. The summed E-state index contributed by atoms with van der Waals surface area (Å²) in [5.41, 5.74) is 9.13. The second-order valence-corrected chi connectivity index (χ2v) is 8.29. The van der Waals surface area contributed by atoms with Crippen molar-refractivity contribution in [3.63, 3.8) is 0 Å². The maximum atomic E-state index is 12.4. The summed E-state index contributed by atoms with van der Waals surface area (Å²) in [6.07, 6.45) is 6.57. The van der Waals surface area contributed by atoms with Crippen LogP contribution in [-0.2, 0) is 4.79 Å². The lowest BCUT2D eigenvalue weighted by Crippen LogP contribution is -2.38. The molecule has 0 aromatic carbocycles. The number of aromatic nitrogens is 5. The number of nitrogen functional groups attached to an aromatic ring is 1. The van der Waals surface area contributed by atoms with Crippen LogP contribution in [-0.4, -0.2) is 48.2 Å². The molecule has 4 aromatic rings. The molecule has 1 fully saturated rings. The van der Waals surface area contributed by atoms with Gasteiger partial charge in [0.2, 0.25) is 17.7 Å². The molecule has 0 spiro atoms. The summed E-state index contributed by atoms with van der Waals surface area (Å²) in [6, 6.07) is 10.6. The van der Waals surface area contributed by atoms with Gasteiger partial charge in [0, 0.05) is 55.3 Å². The number of ether oxygens (including phenoxy) is 1. The molecule has 5 rings (SSSR count). The van der Waals surface area contributed by atoms with Crippen molar-refractivity contribution in [1.82, 2.24) is 29.2 Å². The molecule has 1 amide bonds. The molecular weight excluding hydrogens is 456 g/mol. The number of rotatable bonds is 4. The number of pyridine rings is 2. The van der Waals surface area contributed by atoms with Gasteiger partial charge in [-0.3, -0.25) is 9.20 Å². The maximum Gasteiger partial charge on any atom is 0.298 e. The molecule has 0 radical (unpaired) electrons. The van der Waals surface area contributed by atoms with Crippen LogP contribution >= 0.6 is 0 Å². The molecule has 1 saturated heterocycles. The van der Waals surface area contributed by atoms with Crippen LogP contribution in [0.3, 0.4) is 0 Å². The first-order valence-corrected chi connectivity index (χ1v) is 11.4. The predicted molar refractivity (Wildman–Crippen MR) is 132 cm³/mol. The molecule has 2 N–H and O–H groups in total. The highest BCUT2D eigenvalue weighted by molar-refractivity contribution is 5.93. The Kier molecular flexibility index (Phi) is 6.16. The molecule has 4 aromatic heterocycles. The van der Waals surface area contributed by atoms with Crippen molar-refractivity contribution in [3.8, 4) is 41.1 Å². The molecule has 1 unspecified atom stereocenters. The molecule has 0 saturated carbocycles. The summed E-state index contributed by atoms with van der Waals surface area (Å²) < 4.78 is 7.49. The van der Waals surface area contributed by atoms with Crippen LogP contribution in [0.1, 0.15) is 36.9 Å².